The molecule has 27 heavy (non-hydrogen) atoms. The Labute approximate surface area is 159 Å². The molecule has 0 saturated carbocycles. The number of halogens is 1. The van der Waals surface area contributed by atoms with Crippen molar-refractivity contribution >= 4 is 29.0 Å². The molecule has 2 heterocycles. The Morgan fingerprint density at radius 3 is 2.67 bits per heavy atom. The van der Waals surface area contributed by atoms with Gasteiger partial charge in [0.05, 0.1) is 0 Å². The van der Waals surface area contributed by atoms with E-state index in [4.69, 9.17) is 11.6 Å². The summed E-state index contributed by atoms with van der Waals surface area (Å²) in [6.07, 6.45) is 0.486. The monoisotopic (exact) mass is 379 g/mol. The van der Waals surface area contributed by atoms with E-state index < -0.39 is 0 Å². The third-order valence-corrected chi connectivity index (χ3v) is 4.19. The third kappa shape index (κ3) is 3.73. The molecular formula is C19H14ClN5O2. The van der Waals surface area contributed by atoms with Crippen molar-refractivity contribution in [3.63, 3.8) is 0 Å². The number of carbonyl (C=O) groups excluding carboxylic acids is 1. The van der Waals surface area contributed by atoms with E-state index in [9.17, 15) is 9.90 Å². The standard InChI is InChI=1S/C19H14ClN5O2/c20-14-3-1-2-13(11-14)19(27)21-16-8-9-17-22-23-18(25(17)24-16)10-12-4-6-15(26)7-5-12/h1-9,11,26H,10H2,(H,21,24,27). The second kappa shape index (κ2) is 7.05. The molecule has 8 heteroatoms. The summed E-state index contributed by atoms with van der Waals surface area (Å²) in [6, 6.07) is 16.9. The summed E-state index contributed by atoms with van der Waals surface area (Å²) < 4.78 is 1.58. The van der Waals surface area contributed by atoms with Crippen molar-refractivity contribution in [3.05, 3.63) is 82.6 Å². The van der Waals surface area contributed by atoms with E-state index in [-0.39, 0.29) is 11.7 Å². The van der Waals surface area contributed by atoms with E-state index in [2.05, 4.69) is 20.6 Å². The van der Waals surface area contributed by atoms with E-state index in [1.807, 2.05) is 0 Å². The van der Waals surface area contributed by atoms with Crippen LogP contribution in [-0.2, 0) is 6.42 Å². The van der Waals surface area contributed by atoms with Gasteiger partial charge in [0.1, 0.15) is 5.75 Å². The van der Waals surface area contributed by atoms with Gasteiger partial charge >= 0.3 is 0 Å². The van der Waals surface area contributed by atoms with Gasteiger partial charge in [0.2, 0.25) is 0 Å². The molecule has 2 N–H and O–H groups in total. The number of nitrogens with zero attached hydrogens (tertiary/aromatic N) is 4. The minimum atomic E-state index is -0.308. The maximum atomic E-state index is 12.4. The van der Waals surface area contributed by atoms with Crippen LogP contribution in [-0.4, -0.2) is 30.8 Å². The van der Waals surface area contributed by atoms with E-state index in [0.29, 0.717) is 34.3 Å². The first-order valence-corrected chi connectivity index (χ1v) is 8.52. The lowest BCUT2D eigenvalue weighted by atomic mass is 10.1. The van der Waals surface area contributed by atoms with Crippen LogP contribution in [0.3, 0.4) is 0 Å². The van der Waals surface area contributed by atoms with Gasteiger partial charge in [0.25, 0.3) is 5.91 Å². The third-order valence-electron chi connectivity index (χ3n) is 3.95. The molecule has 0 aliphatic rings. The van der Waals surface area contributed by atoms with Crippen molar-refractivity contribution in [2.75, 3.05) is 5.32 Å². The van der Waals surface area contributed by atoms with Crippen molar-refractivity contribution in [2.45, 2.75) is 6.42 Å². The summed E-state index contributed by atoms with van der Waals surface area (Å²) in [5.41, 5.74) is 1.97. The maximum Gasteiger partial charge on any atom is 0.256 e. The fourth-order valence-electron chi connectivity index (χ4n) is 2.62. The van der Waals surface area contributed by atoms with E-state index >= 15 is 0 Å². The second-order valence-electron chi connectivity index (χ2n) is 5.91. The Kier molecular flexibility index (Phi) is 4.43. The summed E-state index contributed by atoms with van der Waals surface area (Å²) >= 11 is 5.93. The predicted molar refractivity (Wildman–Crippen MR) is 101 cm³/mol. The number of fused-ring (bicyclic) bond motifs is 1. The quantitative estimate of drug-likeness (QED) is 0.567. The van der Waals surface area contributed by atoms with Crippen LogP contribution in [0.5, 0.6) is 5.75 Å². The van der Waals surface area contributed by atoms with Crippen LogP contribution in [0, 0.1) is 0 Å². The molecule has 0 saturated heterocycles. The smallest absolute Gasteiger partial charge is 0.256 e. The number of rotatable bonds is 4. The second-order valence-corrected chi connectivity index (χ2v) is 6.35. The molecule has 7 nitrogen and oxygen atoms in total. The van der Waals surface area contributed by atoms with Gasteiger partial charge in [-0.3, -0.25) is 4.79 Å². The zero-order valence-corrected chi connectivity index (χ0v) is 14.8. The van der Waals surface area contributed by atoms with Crippen LogP contribution < -0.4 is 5.32 Å². The summed E-state index contributed by atoms with van der Waals surface area (Å²) in [4.78, 5) is 12.4. The molecule has 1 amide bonds. The molecule has 0 spiro atoms. The lowest BCUT2D eigenvalue weighted by Gasteiger charge is -2.06. The molecule has 0 aliphatic heterocycles. The number of hydrogen-bond acceptors (Lipinski definition) is 5. The number of anilines is 1. The zero-order chi connectivity index (χ0) is 18.8. The number of aromatic nitrogens is 4. The van der Waals surface area contributed by atoms with Gasteiger partial charge in [-0.15, -0.1) is 15.3 Å². The molecular weight excluding hydrogens is 366 g/mol. The number of benzene rings is 2. The topological polar surface area (TPSA) is 92.4 Å². The number of phenols is 1. The summed E-state index contributed by atoms with van der Waals surface area (Å²) in [5.74, 6) is 0.889. The first-order chi connectivity index (χ1) is 13.1. The molecule has 0 aliphatic carbocycles. The first-order valence-electron chi connectivity index (χ1n) is 8.15. The van der Waals surface area contributed by atoms with Crippen molar-refractivity contribution in [1.29, 1.82) is 0 Å². The zero-order valence-electron chi connectivity index (χ0n) is 14.0. The predicted octanol–water partition coefficient (Wildman–Crippen LogP) is 3.33. The highest BCUT2D eigenvalue weighted by Gasteiger charge is 2.11. The van der Waals surface area contributed by atoms with Gasteiger partial charge in [-0.1, -0.05) is 29.8 Å². The van der Waals surface area contributed by atoms with Crippen LogP contribution in [0.4, 0.5) is 5.82 Å². The molecule has 0 bridgehead atoms. The molecule has 0 atom stereocenters. The van der Waals surface area contributed by atoms with Gasteiger partial charge in [-0.2, -0.15) is 4.52 Å². The Hall–Kier alpha value is -3.45. The normalized spacial score (nSPS) is 10.9. The molecule has 2 aromatic carbocycles. The highest BCUT2D eigenvalue weighted by atomic mass is 35.5. The molecule has 2 aromatic heterocycles. The number of carbonyl (C=O) groups is 1. The van der Waals surface area contributed by atoms with Crippen LogP contribution >= 0.6 is 11.6 Å². The first kappa shape index (κ1) is 17.0. The van der Waals surface area contributed by atoms with Gasteiger partial charge in [-0.25, -0.2) is 0 Å². The fraction of sp³-hybridized carbons (Fsp3) is 0.0526. The Bertz CT molecular complexity index is 1120. The maximum absolute atomic E-state index is 12.4. The van der Waals surface area contributed by atoms with Crippen molar-refractivity contribution in [2.24, 2.45) is 0 Å². The molecule has 0 fully saturated rings. The van der Waals surface area contributed by atoms with Crippen molar-refractivity contribution in [3.8, 4) is 5.75 Å². The number of nitrogens with one attached hydrogen (secondary N) is 1. The summed E-state index contributed by atoms with van der Waals surface area (Å²) in [5, 5.41) is 25.3. The minimum absolute atomic E-state index is 0.203. The van der Waals surface area contributed by atoms with Crippen LogP contribution in [0.15, 0.2) is 60.7 Å². The van der Waals surface area contributed by atoms with E-state index in [1.54, 1.807) is 65.2 Å². The highest BCUT2D eigenvalue weighted by molar-refractivity contribution is 6.31. The average molecular weight is 380 g/mol. The van der Waals surface area contributed by atoms with Crippen LogP contribution in [0.1, 0.15) is 21.7 Å². The minimum Gasteiger partial charge on any atom is -0.508 e. The van der Waals surface area contributed by atoms with Gasteiger partial charge < -0.3 is 10.4 Å². The SMILES string of the molecule is O=C(Nc1ccc2nnc(Cc3ccc(O)cc3)n2n1)c1cccc(Cl)c1. The fourth-order valence-corrected chi connectivity index (χ4v) is 2.82. The molecule has 134 valence electrons. The van der Waals surface area contributed by atoms with Crippen LogP contribution in [0.25, 0.3) is 5.65 Å². The van der Waals surface area contributed by atoms with Crippen molar-refractivity contribution in [1.82, 2.24) is 19.8 Å². The molecule has 4 aromatic rings. The number of phenolic OH excluding ortho intramolecular Hbond substituents is 1. The largest absolute Gasteiger partial charge is 0.508 e. The number of aromatic hydroxyl groups is 1. The molecule has 4 rings (SSSR count). The molecule has 0 radical (unpaired) electrons. The lowest BCUT2D eigenvalue weighted by Crippen LogP contribution is -2.14. The van der Waals surface area contributed by atoms with Gasteiger partial charge in [-0.05, 0) is 48.0 Å². The van der Waals surface area contributed by atoms with E-state index in [1.165, 1.54) is 0 Å². The number of amides is 1. The Morgan fingerprint density at radius 1 is 1.07 bits per heavy atom. The highest BCUT2D eigenvalue weighted by Crippen LogP contribution is 2.16. The van der Waals surface area contributed by atoms with Crippen molar-refractivity contribution < 1.29 is 9.90 Å². The van der Waals surface area contributed by atoms with Gasteiger partial charge in [0, 0.05) is 17.0 Å². The summed E-state index contributed by atoms with van der Waals surface area (Å²) in [6.45, 7) is 0. The lowest BCUT2D eigenvalue weighted by molar-refractivity contribution is 0.102. The summed E-state index contributed by atoms with van der Waals surface area (Å²) in [7, 11) is 0. The molecule has 0 unspecified atom stereocenters. The Balaban J connectivity index is 1.59. The number of hydrogen-bond donors (Lipinski definition) is 2. The van der Waals surface area contributed by atoms with Gasteiger partial charge in [0.15, 0.2) is 17.3 Å². The average Bonchev–Trinajstić information content (AvgIpc) is 3.06. The Morgan fingerprint density at radius 2 is 1.89 bits per heavy atom. The van der Waals surface area contributed by atoms with Crippen LogP contribution in [0.2, 0.25) is 5.02 Å². The van der Waals surface area contributed by atoms with E-state index in [0.717, 1.165) is 5.56 Å².